The molecule has 2 atom stereocenters. The molecule has 0 aliphatic rings. The molecule has 0 bridgehead atoms. The minimum absolute atomic E-state index is 0.377. The molecular weight excluding hydrogens is 230 g/mol. The van der Waals surface area contributed by atoms with Crippen LogP contribution in [0.2, 0.25) is 0 Å². The molecule has 0 amide bonds. The number of anilines is 1. The average Bonchev–Trinajstić information content (AvgIpc) is 2.64. The lowest BCUT2D eigenvalue weighted by Crippen LogP contribution is -2.11. The fraction of sp³-hybridized carbons (Fsp3) is 0.462. The van der Waals surface area contributed by atoms with E-state index in [2.05, 4.69) is 4.98 Å². The van der Waals surface area contributed by atoms with Crippen LogP contribution < -0.4 is 5.73 Å². The number of nitrogens with zero attached hydrogens (tertiary/aromatic N) is 2. The number of nitrogens with two attached hydrogens (primary N) is 1. The fourth-order valence-corrected chi connectivity index (χ4v) is 2.04. The highest BCUT2D eigenvalue weighted by Gasteiger charge is 2.15. The number of hydrogen-bond acceptors (Lipinski definition) is 4. The first kappa shape index (κ1) is 12.9. The van der Waals surface area contributed by atoms with Crippen LogP contribution >= 0.6 is 0 Å². The standard InChI is InChI=1S/C13H19N3O2/c1-8(17)5-6-16-12-4-3-10(14)7-11(12)15-13(16)9(2)18/h3-4,7-9,17-18H,5-6,14H2,1-2H3. The van der Waals surface area contributed by atoms with E-state index in [1.54, 1.807) is 19.9 Å². The van der Waals surface area contributed by atoms with Gasteiger partial charge in [-0.3, -0.25) is 0 Å². The summed E-state index contributed by atoms with van der Waals surface area (Å²) in [6, 6.07) is 5.50. The van der Waals surface area contributed by atoms with Crippen LogP contribution in [-0.4, -0.2) is 25.9 Å². The van der Waals surface area contributed by atoms with Gasteiger partial charge in [0.15, 0.2) is 0 Å². The molecule has 0 fully saturated rings. The topological polar surface area (TPSA) is 84.3 Å². The van der Waals surface area contributed by atoms with Crippen molar-refractivity contribution >= 4 is 16.7 Å². The highest BCUT2D eigenvalue weighted by molar-refractivity contribution is 5.79. The van der Waals surface area contributed by atoms with Crippen molar-refractivity contribution in [2.24, 2.45) is 0 Å². The molecule has 98 valence electrons. The summed E-state index contributed by atoms with van der Waals surface area (Å²) < 4.78 is 1.94. The monoisotopic (exact) mass is 249 g/mol. The third-order valence-electron chi connectivity index (χ3n) is 2.95. The Morgan fingerprint density at radius 1 is 1.33 bits per heavy atom. The Hall–Kier alpha value is -1.59. The normalized spacial score (nSPS) is 14.9. The Balaban J connectivity index is 2.48. The summed E-state index contributed by atoms with van der Waals surface area (Å²) in [4.78, 5) is 4.40. The highest BCUT2D eigenvalue weighted by atomic mass is 16.3. The zero-order valence-electron chi connectivity index (χ0n) is 10.7. The Kier molecular flexibility index (Phi) is 3.54. The third-order valence-corrected chi connectivity index (χ3v) is 2.95. The molecule has 18 heavy (non-hydrogen) atoms. The number of nitrogen functional groups attached to an aromatic ring is 1. The quantitative estimate of drug-likeness (QED) is 0.716. The molecule has 2 unspecified atom stereocenters. The lowest BCUT2D eigenvalue weighted by Gasteiger charge is -2.12. The first-order chi connectivity index (χ1) is 8.49. The fourth-order valence-electron chi connectivity index (χ4n) is 2.04. The number of fused-ring (bicyclic) bond motifs is 1. The number of aromatic nitrogens is 2. The van der Waals surface area contributed by atoms with Gasteiger partial charge < -0.3 is 20.5 Å². The molecule has 5 heteroatoms. The van der Waals surface area contributed by atoms with Gasteiger partial charge in [0.1, 0.15) is 11.9 Å². The van der Waals surface area contributed by atoms with Crippen LogP contribution in [0.25, 0.3) is 11.0 Å². The van der Waals surface area contributed by atoms with Crippen LogP contribution in [0.15, 0.2) is 18.2 Å². The Labute approximate surface area is 106 Å². The first-order valence-electron chi connectivity index (χ1n) is 6.11. The number of rotatable bonds is 4. The van der Waals surface area contributed by atoms with E-state index in [0.29, 0.717) is 24.5 Å². The van der Waals surface area contributed by atoms with Gasteiger partial charge >= 0.3 is 0 Å². The highest BCUT2D eigenvalue weighted by Crippen LogP contribution is 2.23. The zero-order valence-corrected chi connectivity index (χ0v) is 10.7. The smallest absolute Gasteiger partial charge is 0.138 e. The molecule has 1 aromatic carbocycles. The average molecular weight is 249 g/mol. The van der Waals surface area contributed by atoms with Crippen molar-refractivity contribution < 1.29 is 10.2 Å². The van der Waals surface area contributed by atoms with Crippen molar-refractivity contribution in [2.45, 2.75) is 39.0 Å². The van der Waals surface area contributed by atoms with Crippen molar-refractivity contribution in [3.05, 3.63) is 24.0 Å². The van der Waals surface area contributed by atoms with Crippen molar-refractivity contribution in [1.82, 2.24) is 9.55 Å². The second-order valence-corrected chi connectivity index (χ2v) is 4.68. The van der Waals surface area contributed by atoms with Gasteiger partial charge in [0.2, 0.25) is 0 Å². The van der Waals surface area contributed by atoms with Crippen LogP contribution in [0.5, 0.6) is 0 Å². The van der Waals surface area contributed by atoms with Gasteiger partial charge in [-0.05, 0) is 38.5 Å². The summed E-state index contributed by atoms with van der Waals surface area (Å²) >= 11 is 0. The molecule has 1 aromatic heterocycles. The summed E-state index contributed by atoms with van der Waals surface area (Å²) in [5.74, 6) is 0.608. The van der Waals surface area contributed by atoms with Gasteiger partial charge in [-0.2, -0.15) is 0 Å². The maximum atomic E-state index is 9.76. The van der Waals surface area contributed by atoms with E-state index >= 15 is 0 Å². The molecule has 0 saturated heterocycles. The molecule has 5 nitrogen and oxygen atoms in total. The number of aliphatic hydroxyl groups is 2. The SMILES string of the molecule is CC(O)CCn1c(C(C)O)nc2cc(N)ccc21. The molecule has 0 radical (unpaired) electrons. The van der Waals surface area contributed by atoms with E-state index in [1.165, 1.54) is 0 Å². The van der Waals surface area contributed by atoms with Gasteiger partial charge in [-0.25, -0.2) is 4.98 Å². The summed E-state index contributed by atoms with van der Waals surface area (Å²) in [5, 5.41) is 19.1. The van der Waals surface area contributed by atoms with Gasteiger partial charge in [0, 0.05) is 12.2 Å². The van der Waals surface area contributed by atoms with Gasteiger partial charge in [-0.15, -0.1) is 0 Å². The van der Waals surface area contributed by atoms with Crippen LogP contribution in [0.4, 0.5) is 5.69 Å². The van der Waals surface area contributed by atoms with Crippen LogP contribution in [-0.2, 0) is 6.54 Å². The van der Waals surface area contributed by atoms with Crippen molar-refractivity contribution in [2.75, 3.05) is 5.73 Å². The summed E-state index contributed by atoms with van der Waals surface area (Å²) in [6.45, 7) is 4.06. The molecule has 2 rings (SSSR count). The lowest BCUT2D eigenvalue weighted by atomic mass is 10.2. The van der Waals surface area contributed by atoms with Crippen molar-refractivity contribution in [1.29, 1.82) is 0 Å². The van der Waals surface area contributed by atoms with Gasteiger partial charge in [0.05, 0.1) is 17.1 Å². The second kappa shape index (κ2) is 4.96. The van der Waals surface area contributed by atoms with Gasteiger partial charge in [-0.1, -0.05) is 0 Å². The molecule has 0 spiro atoms. The predicted octanol–water partition coefficient (Wildman–Crippen LogP) is 1.44. The molecule has 0 aliphatic carbocycles. The largest absolute Gasteiger partial charge is 0.399 e. The Morgan fingerprint density at radius 3 is 2.67 bits per heavy atom. The zero-order chi connectivity index (χ0) is 13.3. The minimum Gasteiger partial charge on any atom is -0.399 e. The Bertz CT molecular complexity index is 546. The van der Waals surface area contributed by atoms with E-state index in [4.69, 9.17) is 5.73 Å². The van der Waals surface area contributed by atoms with E-state index in [0.717, 1.165) is 11.0 Å². The second-order valence-electron chi connectivity index (χ2n) is 4.68. The number of benzene rings is 1. The van der Waals surface area contributed by atoms with Crippen LogP contribution in [0, 0.1) is 0 Å². The molecule has 0 saturated carbocycles. The minimum atomic E-state index is -0.646. The van der Waals surface area contributed by atoms with Crippen molar-refractivity contribution in [3.63, 3.8) is 0 Å². The maximum Gasteiger partial charge on any atom is 0.138 e. The van der Waals surface area contributed by atoms with Crippen LogP contribution in [0.3, 0.4) is 0 Å². The predicted molar refractivity (Wildman–Crippen MR) is 71.1 cm³/mol. The molecular formula is C13H19N3O2. The number of aliphatic hydroxyl groups excluding tert-OH is 2. The summed E-state index contributed by atoms with van der Waals surface area (Å²) in [5.41, 5.74) is 8.09. The first-order valence-corrected chi connectivity index (χ1v) is 6.11. The number of aryl methyl sites for hydroxylation is 1. The lowest BCUT2D eigenvalue weighted by molar-refractivity contribution is 0.167. The Morgan fingerprint density at radius 2 is 2.06 bits per heavy atom. The summed E-state index contributed by atoms with van der Waals surface area (Å²) in [6.07, 6.45) is -0.402. The van der Waals surface area contributed by atoms with Crippen molar-refractivity contribution in [3.8, 4) is 0 Å². The molecule has 1 heterocycles. The molecule has 0 aliphatic heterocycles. The van der Waals surface area contributed by atoms with Gasteiger partial charge in [0.25, 0.3) is 0 Å². The van der Waals surface area contributed by atoms with E-state index in [-0.39, 0.29) is 6.10 Å². The third kappa shape index (κ3) is 2.47. The molecule has 2 aromatic rings. The van der Waals surface area contributed by atoms with E-state index in [9.17, 15) is 10.2 Å². The number of imidazole rings is 1. The van der Waals surface area contributed by atoms with E-state index < -0.39 is 6.10 Å². The number of hydrogen-bond donors (Lipinski definition) is 3. The molecule has 4 N–H and O–H groups in total. The maximum absolute atomic E-state index is 9.76. The van der Waals surface area contributed by atoms with Crippen LogP contribution in [0.1, 0.15) is 32.2 Å². The van der Waals surface area contributed by atoms with E-state index in [1.807, 2.05) is 16.7 Å². The summed E-state index contributed by atoms with van der Waals surface area (Å²) in [7, 11) is 0.